The molecule has 16 heavy (non-hydrogen) atoms. The lowest BCUT2D eigenvalue weighted by Gasteiger charge is -2.26. The summed E-state index contributed by atoms with van der Waals surface area (Å²) in [6, 6.07) is 0. The molecule has 1 saturated carbocycles. The summed E-state index contributed by atoms with van der Waals surface area (Å²) < 4.78 is 5.25. The van der Waals surface area contributed by atoms with Gasteiger partial charge in [0, 0.05) is 13.7 Å². The van der Waals surface area contributed by atoms with Crippen LogP contribution in [-0.4, -0.2) is 42.3 Å². The van der Waals surface area contributed by atoms with Gasteiger partial charge < -0.3 is 9.64 Å². The first-order chi connectivity index (χ1) is 7.63. The number of carbonyl (C=O) groups excluding carboxylic acids is 1. The summed E-state index contributed by atoms with van der Waals surface area (Å²) in [4.78, 5) is 14.2. The van der Waals surface area contributed by atoms with Gasteiger partial charge in [-0.1, -0.05) is 13.3 Å². The van der Waals surface area contributed by atoms with Crippen LogP contribution in [-0.2, 0) is 9.53 Å². The first kappa shape index (κ1) is 11.9. The number of amides is 1. The maximum atomic E-state index is 12.2. The maximum Gasteiger partial charge on any atom is 0.244 e. The van der Waals surface area contributed by atoms with Crippen LogP contribution in [0.5, 0.6) is 0 Å². The van der Waals surface area contributed by atoms with Crippen LogP contribution in [0.4, 0.5) is 0 Å². The lowest BCUT2D eigenvalue weighted by Crippen LogP contribution is -2.41. The second-order valence-electron chi connectivity index (χ2n) is 5.03. The van der Waals surface area contributed by atoms with E-state index < -0.39 is 0 Å². The highest BCUT2D eigenvalue weighted by molar-refractivity contribution is 5.91. The van der Waals surface area contributed by atoms with Crippen molar-refractivity contribution < 1.29 is 9.53 Å². The molecule has 2 fully saturated rings. The van der Waals surface area contributed by atoms with E-state index >= 15 is 0 Å². The standard InChI is InChI=1S/C12H22N2O2/c1-4-5-10-13-12(6-7-12)11(15)14(10)8-9(2)16-3/h9-10,13H,4-8H2,1-3H3. The molecule has 1 heterocycles. The van der Waals surface area contributed by atoms with Crippen LogP contribution in [0, 0.1) is 0 Å². The second-order valence-corrected chi connectivity index (χ2v) is 5.03. The molecular weight excluding hydrogens is 204 g/mol. The molecule has 2 aliphatic rings. The number of methoxy groups -OCH3 is 1. The van der Waals surface area contributed by atoms with Crippen molar-refractivity contribution in [3.8, 4) is 0 Å². The largest absolute Gasteiger partial charge is 0.380 e. The number of rotatable bonds is 5. The lowest BCUT2D eigenvalue weighted by molar-refractivity contribution is -0.132. The minimum absolute atomic E-state index is 0.110. The summed E-state index contributed by atoms with van der Waals surface area (Å²) in [6.45, 7) is 4.87. The highest BCUT2D eigenvalue weighted by Crippen LogP contribution is 2.42. The Morgan fingerprint density at radius 1 is 1.62 bits per heavy atom. The summed E-state index contributed by atoms with van der Waals surface area (Å²) >= 11 is 0. The molecule has 2 atom stereocenters. The third kappa shape index (κ3) is 1.96. The lowest BCUT2D eigenvalue weighted by atomic mass is 10.2. The Bertz CT molecular complexity index is 276. The number of ether oxygens (including phenoxy) is 1. The van der Waals surface area contributed by atoms with E-state index in [1.54, 1.807) is 7.11 Å². The maximum absolute atomic E-state index is 12.2. The van der Waals surface area contributed by atoms with E-state index in [1.807, 2.05) is 11.8 Å². The quantitative estimate of drug-likeness (QED) is 0.763. The fraction of sp³-hybridized carbons (Fsp3) is 0.917. The van der Waals surface area contributed by atoms with Crippen LogP contribution in [0.25, 0.3) is 0 Å². The Morgan fingerprint density at radius 2 is 2.31 bits per heavy atom. The smallest absolute Gasteiger partial charge is 0.244 e. The van der Waals surface area contributed by atoms with Crippen LogP contribution < -0.4 is 5.32 Å². The second kappa shape index (κ2) is 4.34. The topological polar surface area (TPSA) is 41.6 Å². The van der Waals surface area contributed by atoms with Gasteiger partial charge in [0.15, 0.2) is 0 Å². The van der Waals surface area contributed by atoms with Gasteiger partial charge in [0.2, 0.25) is 5.91 Å². The molecule has 1 N–H and O–H groups in total. The first-order valence-electron chi connectivity index (χ1n) is 6.24. The first-order valence-corrected chi connectivity index (χ1v) is 6.24. The summed E-state index contributed by atoms with van der Waals surface area (Å²) in [7, 11) is 1.69. The van der Waals surface area contributed by atoms with Crippen molar-refractivity contribution in [3.63, 3.8) is 0 Å². The molecule has 1 aliphatic carbocycles. The average Bonchev–Trinajstić information content (AvgIpc) is 3.00. The summed E-state index contributed by atoms with van der Waals surface area (Å²) in [5.74, 6) is 0.287. The van der Waals surface area contributed by atoms with Crippen molar-refractivity contribution >= 4 is 5.91 Å². The molecule has 0 aromatic rings. The predicted molar refractivity (Wildman–Crippen MR) is 62.0 cm³/mol. The van der Waals surface area contributed by atoms with E-state index in [9.17, 15) is 4.79 Å². The molecule has 2 rings (SSSR count). The van der Waals surface area contributed by atoms with Gasteiger partial charge in [-0.25, -0.2) is 0 Å². The Morgan fingerprint density at radius 3 is 2.81 bits per heavy atom. The molecule has 0 bridgehead atoms. The molecule has 92 valence electrons. The molecule has 2 unspecified atom stereocenters. The van der Waals surface area contributed by atoms with Gasteiger partial charge in [0.25, 0.3) is 0 Å². The Labute approximate surface area is 97.3 Å². The molecule has 1 spiro atoms. The SMILES string of the molecule is CCCC1NC2(CC2)C(=O)N1CC(C)OC. The monoisotopic (exact) mass is 226 g/mol. The zero-order valence-electron chi connectivity index (χ0n) is 10.5. The van der Waals surface area contributed by atoms with Crippen LogP contribution in [0.2, 0.25) is 0 Å². The van der Waals surface area contributed by atoms with Crippen LogP contribution >= 0.6 is 0 Å². The summed E-state index contributed by atoms with van der Waals surface area (Å²) in [6.07, 6.45) is 4.47. The van der Waals surface area contributed by atoms with Crippen molar-refractivity contribution in [3.05, 3.63) is 0 Å². The Hall–Kier alpha value is -0.610. The molecule has 1 saturated heterocycles. The van der Waals surface area contributed by atoms with Gasteiger partial charge in [0.05, 0.1) is 17.8 Å². The van der Waals surface area contributed by atoms with E-state index in [0.717, 1.165) is 25.7 Å². The zero-order valence-corrected chi connectivity index (χ0v) is 10.5. The van der Waals surface area contributed by atoms with Crippen molar-refractivity contribution in [2.75, 3.05) is 13.7 Å². The van der Waals surface area contributed by atoms with Gasteiger partial charge in [-0.2, -0.15) is 0 Å². The zero-order chi connectivity index (χ0) is 11.8. The fourth-order valence-corrected chi connectivity index (χ4v) is 2.42. The molecule has 4 heteroatoms. The van der Waals surface area contributed by atoms with Gasteiger partial charge in [-0.3, -0.25) is 10.1 Å². The number of carbonyl (C=O) groups is 1. The highest BCUT2D eigenvalue weighted by Gasteiger charge is 2.58. The fourth-order valence-electron chi connectivity index (χ4n) is 2.42. The number of hydrogen-bond donors (Lipinski definition) is 1. The number of nitrogens with zero attached hydrogens (tertiary/aromatic N) is 1. The third-order valence-electron chi connectivity index (χ3n) is 3.66. The molecule has 0 radical (unpaired) electrons. The highest BCUT2D eigenvalue weighted by atomic mass is 16.5. The predicted octanol–water partition coefficient (Wildman–Crippen LogP) is 1.11. The van der Waals surface area contributed by atoms with Crippen LogP contribution in [0.15, 0.2) is 0 Å². The number of nitrogens with one attached hydrogen (secondary N) is 1. The molecule has 0 aromatic heterocycles. The molecule has 1 aliphatic heterocycles. The molecular formula is C12H22N2O2. The van der Waals surface area contributed by atoms with Crippen LogP contribution in [0.1, 0.15) is 39.5 Å². The van der Waals surface area contributed by atoms with Crippen LogP contribution in [0.3, 0.4) is 0 Å². The van der Waals surface area contributed by atoms with Crippen molar-refractivity contribution in [2.24, 2.45) is 0 Å². The summed E-state index contributed by atoms with van der Waals surface area (Å²) in [5, 5.41) is 3.49. The van der Waals surface area contributed by atoms with E-state index in [4.69, 9.17) is 4.74 Å². The van der Waals surface area contributed by atoms with E-state index in [0.29, 0.717) is 6.54 Å². The average molecular weight is 226 g/mol. The van der Waals surface area contributed by atoms with Gasteiger partial charge in [0.1, 0.15) is 0 Å². The van der Waals surface area contributed by atoms with Crippen molar-refractivity contribution in [2.45, 2.75) is 57.3 Å². The van der Waals surface area contributed by atoms with Gasteiger partial charge in [-0.15, -0.1) is 0 Å². The van der Waals surface area contributed by atoms with E-state index in [-0.39, 0.29) is 23.7 Å². The van der Waals surface area contributed by atoms with E-state index in [2.05, 4.69) is 12.2 Å². The number of hydrogen-bond acceptors (Lipinski definition) is 3. The van der Waals surface area contributed by atoms with Gasteiger partial charge in [-0.05, 0) is 26.2 Å². The molecule has 0 aromatic carbocycles. The van der Waals surface area contributed by atoms with Gasteiger partial charge >= 0.3 is 0 Å². The summed E-state index contributed by atoms with van der Waals surface area (Å²) in [5.41, 5.74) is -0.187. The molecule has 4 nitrogen and oxygen atoms in total. The minimum atomic E-state index is -0.187. The van der Waals surface area contributed by atoms with E-state index in [1.165, 1.54) is 0 Å². The third-order valence-corrected chi connectivity index (χ3v) is 3.66. The minimum Gasteiger partial charge on any atom is -0.380 e. The normalized spacial score (nSPS) is 28.8. The van der Waals surface area contributed by atoms with Crippen molar-refractivity contribution in [1.82, 2.24) is 10.2 Å². The Balaban J connectivity index is 2.03. The van der Waals surface area contributed by atoms with Crippen molar-refractivity contribution in [1.29, 1.82) is 0 Å². The molecule has 1 amide bonds. The Kier molecular flexibility index (Phi) is 3.22.